The van der Waals surface area contributed by atoms with Crippen molar-refractivity contribution in [1.29, 1.82) is 0 Å². The van der Waals surface area contributed by atoms with Crippen LogP contribution < -0.4 is 9.47 Å². The van der Waals surface area contributed by atoms with E-state index in [2.05, 4.69) is 29.5 Å². The Bertz CT molecular complexity index is 666. The molecule has 3 nitrogen and oxygen atoms in total. The maximum atomic E-state index is 12.3. The van der Waals surface area contributed by atoms with Gasteiger partial charge in [-0.05, 0) is 99.8 Å². The standard InChI is InChI=1S/C23H31IO3/c1-4-22(3,24)21(25)26-19-6-8-20(9-7-19)27-23(5-2)17-11-15-10-16(13-17)14-18(23)12-15/h6-9,15-18H,4-5,10-14H2,1-3H3. The van der Waals surface area contributed by atoms with E-state index in [1.165, 1.54) is 32.1 Å². The van der Waals surface area contributed by atoms with E-state index in [4.69, 9.17) is 9.47 Å². The largest absolute Gasteiger partial charge is 0.487 e. The Kier molecular flexibility index (Phi) is 5.23. The van der Waals surface area contributed by atoms with E-state index < -0.39 is 3.42 Å². The molecule has 27 heavy (non-hydrogen) atoms. The Morgan fingerprint density at radius 2 is 1.56 bits per heavy atom. The summed E-state index contributed by atoms with van der Waals surface area (Å²) in [5, 5.41) is 0. The van der Waals surface area contributed by atoms with Crippen LogP contribution in [0.2, 0.25) is 0 Å². The van der Waals surface area contributed by atoms with Gasteiger partial charge in [-0.2, -0.15) is 0 Å². The first kappa shape index (κ1) is 19.5. The lowest BCUT2D eigenvalue weighted by Crippen LogP contribution is -2.60. The molecule has 1 atom stereocenters. The second-order valence-corrected chi connectivity index (χ2v) is 11.5. The predicted octanol–water partition coefficient (Wildman–Crippen LogP) is 6.18. The van der Waals surface area contributed by atoms with E-state index in [-0.39, 0.29) is 11.6 Å². The molecule has 0 N–H and O–H groups in total. The molecule has 1 aromatic rings. The van der Waals surface area contributed by atoms with Crippen molar-refractivity contribution < 1.29 is 14.3 Å². The van der Waals surface area contributed by atoms with Crippen LogP contribution in [-0.4, -0.2) is 15.0 Å². The van der Waals surface area contributed by atoms with Crippen molar-refractivity contribution >= 4 is 28.6 Å². The number of carbonyl (C=O) groups excluding carboxylic acids is 1. The summed E-state index contributed by atoms with van der Waals surface area (Å²) in [6.45, 7) is 6.20. The Balaban J connectivity index is 1.47. The third-order valence-electron chi connectivity index (χ3n) is 7.50. The molecule has 0 heterocycles. The van der Waals surface area contributed by atoms with Crippen molar-refractivity contribution in [3.05, 3.63) is 24.3 Å². The van der Waals surface area contributed by atoms with Gasteiger partial charge in [0.15, 0.2) is 0 Å². The minimum absolute atomic E-state index is 0.00854. The van der Waals surface area contributed by atoms with Gasteiger partial charge in [-0.1, -0.05) is 36.4 Å². The molecule has 1 unspecified atom stereocenters. The molecule has 4 aliphatic carbocycles. The Hall–Kier alpha value is -0.780. The average Bonchev–Trinajstić information content (AvgIpc) is 2.65. The zero-order chi connectivity index (χ0) is 19.2. The van der Waals surface area contributed by atoms with Crippen LogP contribution in [-0.2, 0) is 4.79 Å². The van der Waals surface area contributed by atoms with Crippen LogP contribution in [0, 0.1) is 23.7 Å². The number of benzene rings is 1. The van der Waals surface area contributed by atoms with Gasteiger partial charge in [0, 0.05) is 0 Å². The fourth-order valence-electron chi connectivity index (χ4n) is 5.95. The molecule has 0 amide bonds. The van der Waals surface area contributed by atoms with Crippen molar-refractivity contribution in [2.75, 3.05) is 0 Å². The molecule has 0 spiro atoms. The highest BCUT2D eigenvalue weighted by Crippen LogP contribution is 2.60. The summed E-state index contributed by atoms with van der Waals surface area (Å²) in [6.07, 6.45) is 8.69. The fourth-order valence-corrected chi connectivity index (χ4v) is 6.06. The smallest absolute Gasteiger partial charge is 0.327 e. The predicted molar refractivity (Wildman–Crippen MR) is 115 cm³/mol. The molecule has 4 heteroatoms. The van der Waals surface area contributed by atoms with Crippen molar-refractivity contribution in [1.82, 2.24) is 0 Å². The molecule has 5 rings (SSSR count). The van der Waals surface area contributed by atoms with E-state index >= 15 is 0 Å². The molecule has 0 saturated heterocycles. The van der Waals surface area contributed by atoms with Gasteiger partial charge in [0.2, 0.25) is 0 Å². The third-order valence-corrected chi connectivity index (χ3v) is 8.71. The number of hydrogen-bond donors (Lipinski definition) is 0. The van der Waals surface area contributed by atoms with Crippen molar-refractivity contribution in [2.45, 2.75) is 74.7 Å². The van der Waals surface area contributed by atoms with Crippen LogP contribution in [0.4, 0.5) is 0 Å². The quantitative estimate of drug-likeness (QED) is 0.210. The molecule has 4 bridgehead atoms. The molecular weight excluding hydrogens is 451 g/mol. The highest BCUT2D eigenvalue weighted by Gasteiger charge is 2.58. The normalized spacial score (nSPS) is 36.3. The molecule has 1 aromatic carbocycles. The average molecular weight is 482 g/mol. The lowest BCUT2D eigenvalue weighted by atomic mass is 9.49. The van der Waals surface area contributed by atoms with E-state index in [9.17, 15) is 4.79 Å². The van der Waals surface area contributed by atoms with E-state index in [1.807, 2.05) is 38.1 Å². The topological polar surface area (TPSA) is 35.5 Å². The van der Waals surface area contributed by atoms with Crippen molar-refractivity contribution in [3.8, 4) is 11.5 Å². The maximum Gasteiger partial charge on any atom is 0.327 e. The minimum Gasteiger partial charge on any atom is -0.487 e. The minimum atomic E-state index is -0.487. The van der Waals surface area contributed by atoms with Crippen LogP contribution in [0.5, 0.6) is 11.5 Å². The number of carbonyl (C=O) groups is 1. The molecule has 4 saturated carbocycles. The lowest BCUT2D eigenvalue weighted by molar-refractivity contribution is -0.157. The molecular formula is C23H31IO3. The molecule has 0 radical (unpaired) electrons. The number of halogens is 1. The summed E-state index contributed by atoms with van der Waals surface area (Å²) in [5.41, 5.74) is 0.00854. The highest BCUT2D eigenvalue weighted by atomic mass is 127. The fraction of sp³-hybridized carbons (Fsp3) is 0.696. The molecule has 0 aliphatic heterocycles. The lowest BCUT2D eigenvalue weighted by Gasteiger charge is -2.60. The van der Waals surface area contributed by atoms with E-state index in [0.29, 0.717) is 17.6 Å². The summed E-state index contributed by atoms with van der Waals surface area (Å²) >= 11 is 2.16. The van der Waals surface area contributed by atoms with Gasteiger partial charge in [0.25, 0.3) is 0 Å². The van der Waals surface area contributed by atoms with Gasteiger partial charge >= 0.3 is 5.97 Å². The Morgan fingerprint density at radius 3 is 2.04 bits per heavy atom. The zero-order valence-corrected chi connectivity index (χ0v) is 18.8. The van der Waals surface area contributed by atoms with Gasteiger partial charge in [-0.3, -0.25) is 4.79 Å². The molecule has 4 fully saturated rings. The van der Waals surface area contributed by atoms with Crippen molar-refractivity contribution in [2.24, 2.45) is 23.7 Å². The number of alkyl halides is 1. The second-order valence-electron chi connectivity index (χ2n) is 9.13. The molecule has 148 valence electrons. The second kappa shape index (κ2) is 7.23. The van der Waals surface area contributed by atoms with Crippen LogP contribution in [0.1, 0.15) is 65.7 Å². The van der Waals surface area contributed by atoms with Crippen molar-refractivity contribution in [3.63, 3.8) is 0 Å². The summed E-state index contributed by atoms with van der Waals surface area (Å²) < 4.78 is 11.8. The Morgan fingerprint density at radius 1 is 1.04 bits per heavy atom. The number of esters is 1. The SMILES string of the molecule is CCC(C)(I)C(=O)Oc1ccc(OC2(CC)C3CC4CC(C3)CC2C4)cc1. The monoisotopic (exact) mass is 482 g/mol. The first-order valence-corrected chi connectivity index (χ1v) is 11.6. The number of hydrogen-bond acceptors (Lipinski definition) is 3. The van der Waals surface area contributed by atoms with Gasteiger partial charge in [-0.25, -0.2) is 0 Å². The summed E-state index contributed by atoms with van der Waals surface area (Å²) in [4.78, 5) is 12.3. The van der Waals surface area contributed by atoms with Gasteiger partial charge in [-0.15, -0.1) is 0 Å². The van der Waals surface area contributed by atoms with Gasteiger partial charge in [0.05, 0.1) is 0 Å². The van der Waals surface area contributed by atoms with Crippen LogP contribution in [0.3, 0.4) is 0 Å². The summed E-state index contributed by atoms with van der Waals surface area (Å²) in [5.74, 6) is 4.63. The zero-order valence-electron chi connectivity index (χ0n) is 16.7. The first-order valence-electron chi connectivity index (χ1n) is 10.6. The third kappa shape index (κ3) is 3.51. The van der Waals surface area contributed by atoms with Gasteiger partial charge in [0.1, 0.15) is 20.5 Å². The van der Waals surface area contributed by atoms with Crippen LogP contribution in [0.15, 0.2) is 24.3 Å². The van der Waals surface area contributed by atoms with E-state index in [1.54, 1.807) is 0 Å². The number of ether oxygens (including phenoxy) is 2. The van der Waals surface area contributed by atoms with Gasteiger partial charge < -0.3 is 9.47 Å². The van der Waals surface area contributed by atoms with Crippen LogP contribution in [0.25, 0.3) is 0 Å². The molecule has 4 aliphatic rings. The summed E-state index contributed by atoms with van der Waals surface area (Å²) in [6, 6.07) is 7.69. The summed E-state index contributed by atoms with van der Waals surface area (Å²) in [7, 11) is 0. The Labute approximate surface area is 176 Å². The first-order chi connectivity index (χ1) is 12.9. The number of rotatable bonds is 6. The van der Waals surface area contributed by atoms with Crippen LogP contribution >= 0.6 is 22.6 Å². The maximum absolute atomic E-state index is 12.3. The highest BCUT2D eigenvalue weighted by molar-refractivity contribution is 14.1. The van der Waals surface area contributed by atoms with E-state index in [0.717, 1.165) is 30.4 Å². The molecule has 0 aromatic heterocycles.